The van der Waals surface area contributed by atoms with E-state index in [9.17, 15) is 36.6 Å². The van der Waals surface area contributed by atoms with Crippen LogP contribution in [0.5, 0.6) is 0 Å². The summed E-state index contributed by atoms with van der Waals surface area (Å²) in [5, 5.41) is 11.4. The predicted octanol–water partition coefficient (Wildman–Crippen LogP) is 3.34. The molecule has 0 saturated carbocycles. The zero-order chi connectivity index (χ0) is 20.2. The van der Waals surface area contributed by atoms with Crippen LogP contribution in [0.1, 0.15) is 16.7 Å². The van der Waals surface area contributed by atoms with Gasteiger partial charge in [0.25, 0.3) is 0 Å². The Labute approximate surface area is 150 Å². The quantitative estimate of drug-likeness (QED) is 0.748. The van der Waals surface area contributed by atoms with Crippen molar-refractivity contribution in [2.24, 2.45) is 0 Å². The number of hydrogen-bond acceptors (Lipinski definition) is 2. The molecule has 1 atom stereocenters. The molecule has 27 heavy (non-hydrogen) atoms. The van der Waals surface area contributed by atoms with Gasteiger partial charge in [-0.25, -0.2) is 13.6 Å². The summed E-state index contributed by atoms with van der Waals surface area (Å²) < 4.78 is 64.0. The second-order valence-corrected chi connectivity index (χ2v) is 5.77. The molecule has 0 fully saturated rings. The zero-order valence-corrected chi connectivity index (χ0v) is 13.7. The summed E-state index contributed by atoms with van der Waals surface area (Å²) in [5.41, 5.74) is -0.731. The summed E-state index contributed by atoms with van der Waals surface area (Å²) in [6, 6.07) is 5.05. The Kier molecular flexibility index (Phi) is 6.14. The lowest BCUT2D eigenvalue weighted by atomic mass is 10.0. The lowest BCUT2D eigenvalue weighted by molar-refractivity contribution is -0.141. The predicted molar refractivity (Wildman–Crippen MR) is 84.8 cm³/mol. The number of carboxylic acid groups (broad SMARTS) is 1. The molecule has 9 heteroatoms. The SMILES string of the molecule is O=C(Cc1ccc(F)cc1F)N[C@H](Cc1ccc(C(F)(F)F)cc1)C(=O)O. The lowest BCUT2D eigenvalue weighted by Crippen LogP contribution is -2.43. The van der Waals surface area contributed by atoms with Crippen LogP contribution in [0.15, 0.2) is 42.5 Å². The maximum atomic E-state index is 13.6. The summed E-state index contributed by atoms with van der Waals surface area (Å²) in [6.07, 6.45) is -5.29. The van der Waals surface area contributed by atoms with E-state index < -0.39 is 47.7 Å². The van der Waals surface area contributed by atoms with E-state index in [1.165, 1.54) is 0 Å². The van der Waals surface area contributed by atoms with Gasteiger partial charge in [-0.3, -0.25) is 4.79 Å². The minimum atomic E-state index is -4.52. The summed E-state index contributed by atoms with van der Waals surface area (Å²) >= 11 is 0. The normalized spacial score (nSPS) is 12.5. The Hall–Kier alpha value is -2.97. The molecule has 0 saturated heterocycles. The Balaban J connectivity index is 2.04. The third kappa shape index (κ3) is 5.77. The first-order valence-electron chi connectivity index (χ1n) is 7.68. The molecule has 1 amide bonds. The van der Waals surface area contributed by atoms with Crippen LogP contribution >= 0.6 is 0 Å². The van der Waals surface area contributed by atoms with E-state index in [0.717, 1.165) is 36.4 Å². The molecule has 2 aromatic rings. The van der Waals surface area contributed by atoms with Crippen LogP contribution in [0.25, 0.3) is 0 Å². The first-order valence-corrected chi connectivity index (χ1v) is 7.68. The first-order chi connectivity index (χ1) is 12.6. The first kappa shape index (κ1) is 20.3. The Bertz CT molecular complexity index is 834. The van der Waals surface area contributed by atoms with Gasteiger partial charge < -0.3 is 10.4 Å². The standard InChI is InChI=1S/C18H14F5NO3/c19-13-6-3-11(14(20)9-13)8-16(25)24-15(17(26)27)7-10-1-4-12(5-2-10)18(21,22)23/h1-6,9,15H,7-8H2,(H,24,25)(H,26,27)/t15-/m1/s1. The number of hydrogen-bond donors (Lipinski definition) is 2. The number of aliphatic carboxylic acids is 1. The molecule has 0 unspecified atom stereocenters. The molecule has 0 aliphatic heterocycles. The van der Waals surface area contributed by atoms with Gasteiger partial charge in [-0.15, -0.1) is 0 Å². The van der Waals surface area contributed by atoms with Crippen molar-refractivity contribution in [3.05, 3.63) is 70.8 Å². The molecular formula is C18H14F5NO3. The van der Waals surface area contributed by atoms with Gasteiger partial charge in [0.1, 0.15) is 17.7 Å². The molecule has 0 radical (unpaired) electrons. The van der Waals surface area contributed by atoms with Gasteiger partial charge in [0.2, 0.25) is 5.91 Å². The molecule has 0 heterocycles. The molecular weight excluding hydrogens is 373 g/mol. The molecule has 0 aromatic heterocycles. The van der Waals surface area contributed by atoms with Crippen molar-refractivity contribution in [3.63, 3.8) is 0 Å². The van der Waals surface area contributed by atoms with Crippen molar-refractivity contribution in [2.45, 2.75) is 25.1 Å². The van der Waals surface area contributed by atoms with Crippen molar-refractivity contribution < 1.29 is 36.6 Å². The Morgan fingerprint density at radius 3 is 2.19 bits per heavy atom. The highest BCUT2D eigenvalue weighted by Crippen LogP contribution is 2.29. The van der Waals surface area contributed by atoms with Crippen LogP contribution in [0.3, 0.4) is 0 Å². The second kappa shape index (κ2) is 8.15. The van der Waals surface area contributed by atoms with Gasteiger partial charge in [-0.2, -0.15) is 13.2 Å². The van der Waals surface area contributed by atoms with Crippen LogP contribution in [0.2, 0.25) is 0 Å². The average Bonchev–Trinajstić information content (AvgIpc) is 2.56. The van der Waals surface area contributed by atoms with E-state index in [1.54, 1.807) is 0 Å². The van der Waals surface area contributed by atoms with Gasteiger partial charge in [-0.05, 0) is 29.3 Å². The van der Waals surface area contributed by atoms with Gasteiger partial charge in [0, 0.05) is 12.5 Å². The highest BCUT2D eigenvalue weighted by Gasteiger charge is 2.30. The van der Waals surface area contributed by atoms with Crippen LogP contribution in [-0.4, -0.2) is 23.0 Å². The van der Waals surface area contributed by atoms with Crippen molar-refractivity contribution in [3.8, 4) is 0 Å². The van der Waals surface area contributed by atoms with Crippen molar-refractivity contribution in [2.75, 3.05) is 0 Å². The van der Waals surface area contributed by atoms with Crippen LogP contribution in [0, 0.1) is 11.6 Å². The molecule has 0 aliphatic carbocycles. The largest absolute Gasteiger partial charge is 0.480 e. The molecule has 2 rings (SSSR count). The summed E-state index contributed by atoms with van der Waals surface area (Å²) in [5.74, 6) is -3.98. The number of carbonyl (C=O) groups excluding carboxylic acids is 1. The average molecular weight is 387 g/mol. The maximum absolute atomic E-state index is 13.6. The number of carbonyl (C=O) groups is 2. The van der Waals surface area contributed by atoms with Crippen LogP contribution in [-0.2, 0) is 28.6 Å². The lowest BCUT2D eigenvalue weighted by Gasteiger charge is -2.15. The molecule has 0 spiro atoms. The smallest absolute Gasteiger partial charge is 0.416 e. The molecule has 0 aliphatic rings. The minimum Gasteiger partial charge on any atom is -0.480 e. The minimum absolute atomic E-state index is 0.118. The third-order valence-electron chi connectivity index (χ3n) is 3.72. The molecule has 2 N–H and O–H groups in total. The van der Waals surface area contributed by atoms with E-state index >= 15 is 0 Å². The monoisotopic (exact) mass is 387 g/mol. The van der Waals surface area contributed by atoms with E-state index in [2.05, 4.69) is 5.32 Å². The second-order valence-electron chi connectivity index (χ2n) is 5.77. The fraction of sp³-hybridized carbons (Fsp3) is 0.222. The number of carboxylic acids is 1. The van der Waals surface area contributed by atoms with E-state index in [0.29, 0.717) is 6.07 Å². The summed E-state index contributed by atoms with van der Waals surface area (Å²) in [4.78, 5) is 23.3. The van der Waals surface area contributed by atoms with Crippen molar-refractivity contribution in [1.82, 2.24) is 5.32 Å². The van der Waals surface area contributed by atoms with Crippen LogP contribution < -0.4 is 5.32 Å². The van der Waals surface area contributed by atoms with Crippen molar-refractivity contribution >= 4 is 11.9 Å². The fourth-order valence-electron chi connectivity index (χ4n) is 2.35. The number of halogens is 5. The Morgan fingerprint density at radius 2 is 1.67 bits per heavy atom. The summed E-state index contributed by atoms with van der Waals surface area (Å²) in [7, 11) is 0. The number of amides is 1. The number of benzene rings is 2. The van der Waals surface area contributed by atoms with E-state index in [1.807, 2.05) is 0 Å². The van der Waals surface area contributed by atoms with Crippen molar-refractivity contribution in [1.29, 1.82) is 0 Å². The number of alkyl halides is 3. The highest BCUT2D eigenvalue weighted by atomic mass is 19.4. The van der Waals surface area contributed by atoms with Crippen LogP contribution in [0.4, 0.5) is 22.0 Å². The zero-order valence-electron chi connectivity index (χ0n) is 13.7. The molecule has 2 aromatic carbocycles. The Morgan fingerprint density at radius 1 is 1.04 bits per heavy atom. The van der Waals surface area contributed by atoms with Gasteiger partial charge in [-0.1, -0.05) is 18.2 Å². The molecule has 4 nitrogen and oxygen atoms in total. The van der Waals surface area contributed by atoms with Gasteiger partial charge in [0.15, 0.2) is 0 Å². The highest BCUT2D eigenvalue weighted by molar-refractivity contribution is 5.85. The van der Waals surface area contributed by atoms with Gasteiger partial charge in [0.05, 0.1) is 12.0 Å². The maximum Gasteiger partial charge on any atom is 0.416 e. The van der Waals surface area contributed by atoms with E-state index in [4.69, 9.17) is 0 Å². The third-order valence-corrected chi connectivity index (χ3v) is 3.72. The fourth-order valence-corrected chi connectivity index (χ4v) is 2.35. The molecule has 144 valence electrons. The topological polar surface area (TPSA) is 66.4 Å². The van der Waals surface area contributed by atoms with Gasteiger partial charge >= 0.3 is 12.1 Å². The number of rotatable bonds is 6. The summed E-state index contributed by atoms with van der Waals surface area (Å²) in [6.45, 7) is 0. The van der Waals surface area contributed by atoms with E-state index in [-0.39, 0.29) is 17.5 Å². The number of nitrogens with one attached hydrogen (secondary N) is 1. The molecule has 0 bridgehead atoms.